The summed E-state index contributed by atoms with van der Waals surface area (Å²) in [5.41, 5.74) is 11.8. The molecule has 9 rings (SSSR count). The maximum absolute atomic E-state index is 10.0. The Morgan fingerprint density at radius 3 is 1.94 bits per heavy atom. The summed E-state index contributed by atoms with van der Waals surface area (Å²) in [4.78, 5) is 3.77. The van der Waals surface area contributed by atoms with E-state index in [1.807, 2.05) is 72.8 Å². The summed E-state index contributed by atoms with van der Waals surface area (Å²) in [6, 6.07) is 55.7. The predicted molar refractivity (Wildman–Crippen MR) is 202 cm³/mol. The highest BCUT2D eigenvalue weighted by atomic mass is 15.0. The minimum atomic E-state index is 0.557. The zero-order valence-electron chi connectivity index (χ0n) is 26.7. The molecule has 0 fully saturated rings. The fourth-order valence-electron chi connectivity index (χ4n) is 7.36. The summed E-state index contributed by atoms with van der Waals surface area (Å²) in [6.07, 6.45) is 0. The summed E-state index contributed by atoms with van der Waals surface area (Å²) in [6.45, 7) is 7.79. The van der Waals surface area contributed by atoms with E-state index in [0.29, 0.717) is 16.8 Å². The van der Waals surface area contributed by atoms with Gasteiger partial charge in [0.2, 0.25) is 0 Å². The monoisotopic (exact) mass is 635 g/mol. The molecular weight excluding hydrogens is 611 g/mol. The maximum Gasteiger partial charge on any atom is 0.189 e. The second-order valence-corrected chi connectivity index (χ2v) is 12.3. The van der Waals surface area contributed by atoms with Gasteiger partial charge in [0.15, 0.2) is 5.69 Å². The van der Waals surface area contributed by atoms with Gasteiger partial charge in [-0.2, -0.15) is 10.5 Å². The van der Waals surface area contributed by atoms with Crippen molar-refractivity contribution in [2.45, 2.75) is 0 Å². The topological polar surface area (TPSA) is 61.8 Å². The van der Waals surface area contributed by atoms with Crippen molar-refractivity contribution in [3.63, 3.8) is 0 Å². The molecule has 9 aromatic rings. The van der Waals surface area contributed by atoms with Gasteiger partial charge in [-0.05, 0) is 71.3 Å². The van der Waals surface area contributed by atoms with Gasteiger partial charge in [-0.15, -0.1) is 0 Å². The second-order valence-electron chi connectivity index (χ2n) is 12.3. The van der Waals surface area contributed by atoms with Crippen LogP contribution in [0, 0.1) is 29.2 Å². The van der Waals surface area contributed by atoms with E-state index in [1.165, 1.54) is 0 Å². The molecule has 0 unspecified atom stereocenters. The van der Waals surface area contributed by atoms with Crippen LogP contribution in [0.4, 0.5) is 5.69 Å². The number of nitrogens with zero attached hydrogens (tertiary/aromatic N) is 5. The molecule has 0 aliphatic heterocycles. The molecule has 5 heteroatoms. The number of hydrogen-bond donors (Lipinski definition) is 0. The van der Waals surface area contributed by atoms with Crippen LogP contribution in [0.1, 0.15) is 11.1 Å². The van der Waals surface area contributed by atoms with Crippen LogP contribution in [0.3, 0.4) is 0 Å². The number of benzene rings is 7. The van der Waals surface area contributed by atoms with Crippen molar-refractivity contribution in [1.29, 1.82) is 10.5 Å². The highest BCUT2D eigenvalue weighted by Gasteiger charge is 2.18. The van der Waals surface area contributed by atoms with Gasteiger partial charge < -0.3 is 9.13 Å². The van der Waals surface area contributed by atoms with Crippen molar-refractivity contribution in [2.75, 3.05) is 0 Å². The van der Waals surface area contributed by atoms with Crippen LogP contribution in [-0.4, -0.2) is 9.13 Å². The third-order valence-electron chi connectivity index (χ3n) is 9.60. The van der Waals surface area contributed by atoms with E-state index >= 15 is 0 Å². The largest absolute Gasteiger partial charge is 0.310 e. The number of rotatable bonds is 4. The van der Waals surface area contributed by atoms with Crippen LogP contribution in [0.25, 0.3) is 82.1 Å². The van der Waals surface area contributed by atoms with Gasteiger partial charge in [-0.1, -0.05) is 97.1 Å². The quantitative estimate of drug-likeness (QED) is 0.181. The maximum atomic E-state index is 10.0. The first kappa shape index (κ1) is 28.8. The smallest absolute Gasteiger partial charge is 0.189 e. The Labute approximate surface area is 288 Å². The Morgan fingerprint density at radius 2 is 1.18 bits per heavy atom. The van der Waals surface area contributed by atoms with Crippen LogP contribution >= 0.6 is 0 Å². The van der Waals surface area contributed by atoms with Gasteiger partial charge in [0.05, 0.1) is 45.8 Å². The fraction of sp³-hybridized carbons (Fsp3) is 0. The van der Waals surface area contributed by atoms with Crippen molar-refractivity contribution in [1.82, 2.24) is 9.13 Å². The summed E-state index contributed by atoms with van der Waals surface area (Å²) < 4.78 is 4.39. The highest BCUT2D eigenvalue weighted by molar-refractivity contribution is 6.11. The van der Waals surface area contributed by atoms with Crippen molar-refractivity contribution < 1.29 is 0 Å². The molecule has 2 heterocycles. The number of hydrogen-bond acceptors (Lipinski definition) is 2. The van der Waals surface area contributed by atoms with Gasteiger partial charge in [-0.25, -0.2) is 4.85 Å². The molecular formula is C45H25N5. The van der Waals surface area contributed by atoms with Gasteiger partial charge in [0.25, 0.3) is 0 Å². The summed E-state index contributed by atoms with van der Waals surface area (Å²) >= 11 is 0. The Morgan fingerprint density at radius 1 is 0.500 bits per heavy atom. The Kier molecular flexibility index (Phi) is 6.56. The van der Waals surface area contributed by atoms with Gasteiger partial charge >= 0.3 is 0 Å². The van der Waals surface area contributed by atoms with Crippen molar-refractivity contribution in [3.05, 3.63) is 174 Å². The molecule has 0 aliphatic carbocycles. The van der Waals surface area contributed by atoms with Gasteiger partial charge in [0.1, 0.15) is 6.07 Å². The first-order chi connectivity index (χ1) is 24.7. The fourth-order valence-corrected chi connectivity index (χ4v) is 7.36. The molecule has 0 N–H and O–H groups in total. The molecule has 0 aliphatic rings. The van der Waals surface area contributed by atoms with Gasteiger partial charge in [-0.3, -0.25) is 0 Å². The van der Waals surface area contributed by atoms with E-state index in [0.717, 1.165) is 77.2 Å². The lowest BCUT2D eigenvalue weighted by Gasteiger charge is -2.15. The zero-order valence-corrected chi connectivity index (χ0v) is 26.7. The molecule has 5 nitrogen and oxygen atoms in total. The third kappa shape index (κ3) is 4.38. The minimum Gasteiger partial charge on any atom is -0.310 e. The molecule has 0 saturated heterocycles. The molecule has 0 amide bonds. The van der Waals surface area contributed by atoms with Crippen molar-refractivity contribution >= 4 is 49.3 Å². The van der Waals surface area contributed by atoms with Crippen LogP contribution in [0.15, 0.2) is 152 Å². The number of para-hydroxylation sites is 3. The molecule has 0 saturated carbocycles. The molecule has 0 atom stereocenters. The Hall–Kier alpha value is -7.39. The van der Waals surface area contributed by atoms with Crippen LogP contribution in [0.5, 0.6) is 0 Å². The average molecular weight is 636 g/mol. The normalized spacial score (nSPS) is 11.1. The molecule has 0 bridgehead atoms. The molecule has 0 radical (unpaired) electrons. The molecule has 230 valence electrons. The SMILES string of the molecule is [C-]#[N+]c1ccc(-c2ccc(-c3cccc(-n4c5ccccc5c5cccc(C#N)c54)c3)cc2)c(-n2c3ccccc3c3cc(C#N)ccc32)c1. The standard InChI is InChI=1S/C45H25N5/c1-48-34-21-22-36(44(26-34)50-42-15-5-3-12-38(42)40-24-29(27-46)16-23-43(40)50)31-19-17-30(18-20-31)32-8-6-10-35(25-32)49-41-14-4-2-11-37(41)39-13-7-9-33(28-47)45(39)49/h2-26H. The van der Waals surface area contributed by atoms with E-state index in [1.54, 1.807) is 0 Å². The van der Waals surface area contributed by atoms with Crippen molar-refractivity contribution in [2.24, 2.45) is 0 Å². The summed E-state index contributed by atoms with van der Waals surface area (Å²) in [5.74, 6) is 0. The summed E-state index contributed by atoms with van der Waals surface area (Å²) in [5, 5.41) is 23.9. The first-order valence-electron chi connectivity index (χ1n) is 16.3. The van der Waals surface area contributed by atoms with E-state index in [9.17, 15) is 10.5 Å². The average Bonchev–Trinajstić information content (AvgIpc) is 3.70. The van der Waals surface area contributed by atoms with E-state index in [2.05, 4.69) is 105 Å². The van der Waals surface area contributed by atoms with E-state index in [4.69, 9.17) is 6.57 Å². The number of aromatic nitrogens is 2. The minimum absolute atomic E-state index is 0.557. The Balaban J connectivity index is 1.18. The van der Waals surface area contributed by atoms with Crippen molar-refractivity contribution in [3.8, 4) is 45.8 Å². The van der Waals surface area contributed by atoms with E-state index < -0.39 is 0 Å². The lowest BCUT2D eigenvalue weighted by atomic mass is 9.98. The predicted octanol–water partition coefficient (Wildman–Crippen LogP) is 11.5. The van der Waals surface area contributed by atoms with Crippen LogP contribution in [-0.2, 0) is 0 Å². The Bertz CT molecular complexity index is 2960. The summed E-state index contributed by atoms with van der Waals surface area (Å²) in [7, 11) is 0. The number of nitriles is 2. The van der Waals surface area contributed by atoms with Crippen LogP contribution in [0.2, 0.25) is 0 Å². The van der Waals surface area contributed by atoms with Gasteiger partial charge in [0, 0.05) is 38.5 Å². The molecule has 50 heavy (non-hydrogen) atoms. The first-order valence-corrected chi connectivity index (χ1v) is 16.3. The zero-order chi connectivity index (χ0) is 33.8. The molecule has 2 aromatic heterocycles. The third-order valence-corrected chi connectivity index (χ3v) is 9.60. The van der Waals surface area contributed by atoms with Crippen LogP contribution < -0.4 is 0 Å². The molecule has 7 aromatic carbocycles. The number of fused-ring (bicyclic) bond motifs is 6. The second kappa shape index (κ2) is 11.4. The highest BCUT2D eigenvalue weighted by Crippen LogP contribution is 2.39. The molecule has 0 spiro atoms. The lowest BCUT2D eigenvalue weighted by molar-refractivity contribution is 1.18. The van der Waals surface area contributed by atoms with E-state index in [-0.39, 0.29) is 0 Å². The lowest BCUT2D eigenvalue weighted by Crippen LogP contribution is -1.97.